The zero-order chi connectivity index (χ0) is 11.5. The van der Waals surface area contributed by atoms with Gasteiger partial charge in [-0.15, -0.1) is 10.2 Å². The zero-order valence-electron chi connectivity index (χ0n) is 8.27. The molecule has 0 atom stereocenters. The molecule has 1 amide bonds. The predicted octanol–water partition coefficient (Wildman–Crippen LogP) is 2.15. The minimum atomic E-state index is -0.355. The number of aryl methyl sites for hydroxylation is 1. The lowest BCUT2D eigenvalue weighted by Gasteiger charge is -2.03. The Balaban J connectivity index is 2.17. The van der Waals surface area contributed by atoms with Gasteiger partial charge < -0.3 is 5.32 Å². The topological polar surface area (TPSA) is 67.8 Å². The van der Waals surface area contributed by atoms with Crippen molar-refractivity contribution >= 4 is 34.7 Å². The molecule has 5 nitrogen and oxygen atoms in total. The van der Waals surface area contributed by atoms with Crippen molar-refractivity contribution in [3.8, 4) is 0 Å². The standard InChI is InChI=1S/C9H7ClN4OS/c1-5-3-2-4-11-6(5)12-7(15)8-13-14-9(10)16-8/h2-4H,1H3,(H,11,12,15). The Bertz CT molecular complexity index is 528. The normalized spacial score (nSPS) is 10.1. The molecule has 0 saturated carbocycles. The van der Waals surface area contributed by atoms with Crippen LogP contribution in [0.4, 0.5) is 5.82 Å². The molecule has 1 N–H and O–H groups in total. The third kappa shape index (κ3) is 2.34. The number of carbonyl (C=O) groups is 1. The number of hydrogen-bond acceptors (Lipinski definition) is 5. The molecule has 0 fully saturated rings. The summed E-state index contributed by atoms with van der Waals surface area (Å²) in [6.45, 7) is 1.86. The Kier molecular flexibility index (Phi) is 3.12. The van der Waals surface area contributed by atoms with Crippen LogP contribution in [0.15, 0.2) is 18.3 Å². The molecule has 0 radical (unpaired) electrons. The first kappa shape index (κ1) is 11.0. The van der Waals surface area contributed by atoms with Crippen molar-refractivity contribution in [2.45, 2.75) is 6.92 Å². The average molecular weight is 255 g/mol. The van der Waals surface area contributed by atoms with Crippen molar-refractivity contribution in [2.75, 3.05) is 5.32 Å². The van der Waals surface area contributed by atoms with Gasteiger partial charge in [0.2, 0.25) is 9.47 Å². The van der Waals surface area contributed by atoms with E-state index in [2.05, 4.69) is 20.5 Å². The fourth-order valence-corrected chi connectivity index (χ4v) is 1.80. The number of hydrogen-bond donors (Lipinski definition) is 1. The minimum absolute atomic E-state index is 0.218. The van der Waals surface area contributed by atoms with Gasteiger partial charge in [0.05, 0.1) is 0 Å². The van der Waals surface area contributed by atoms with Crippen molar-refractivity contribution in [1.82, 2.24) is 15.2 Å². The van der Waals surface area contributed by atoms with Gasteiger partial charge in [0.25, 0.3) is 5.91 Å². The second-order valence-corrected chi connectivity index (χ2v) is 4.54. The molecule has 0 aliphatic rings. The summed E-state index contributed by atoms with van der Waals surface area (Å²) in [6.07, 6.45) is 1.61. The summed E-state index contributed by atoms with van der Waals surface area (Å²) in [7, 11) is 0. The smallest absolute Gasteiger partial charge is 0.287 e. The van der Waals surface area contributed by atoms with Crippen molar-refractivity contribution < 1.29 is 4.79 Å². The highest BCUT2D eigenvalue weighted by Crippen LogP contribution is 2.17. The van der Waals surface area contributed by atoms with Crippen LogP contribution >= 0.6 is 22.9 Å². The van der Waals surface area contributed by atoms with Crippen LogP contribution in [0.5, 0.6) is 0 Å². The van der Waals surface area contributed by atoms with Gasteiger partial charge in [0.15, 0.2) is 0 Å². The van der Waals surface area contributed by atoms with E-state index in [4.69, 9.17) is 11.6 Å². The molecule has 0 aliphatic heterocycles. The molecule has 0 spiro atoms. The van der Waals surface area contributed by atoms with Gasteiger partial charge in [-0.2, -0.15) is 0 Å². The van der Waals surface area contributed by atoms with E-state index in [0.717, 1.165) is 16.9 Å². The third-order valence-corrected chi connectivity index (χ3v) is 2.85. The number of nitrogens with one attached hydrogen (secondary N) is 1. The molecule has 0 unspecified atom stereocenters. The van der Waals surface area contributed by atoms with E-state index < -0.39 is 0 Å². The number of rotatable bonds is 2. The first-order chi connectivity index (χ1) is 7.66. The fourth-order valence-electron chi connectivity index (χ4n) is 1.07. The monoisotopic (exact) mass is 254 g/mol. The molecule has 0 bridgehead atoms. The molecule has 2 rings (SSSR count). The van der Waals surface area contributed by atoms with Gasteiger partial charge in [0, 0.05) is 6.20 Å². The summed E-state index contributed by atoms with van der Waals surface area (Å²) in [5.74, 6) is 0.157. The second-order valence-electron chi connectivity index (χ2n) is 2.98. The van der Waals surface area contributed by atoms with Gasteiger partial charge in [-0.05, 0) is 30.2 Å². The van der Waals surface area contributed by atoms with E-state index in [1.165, 1.54) is 0 Å². The summed E-state index contributed by atoms with van der Waals surface area (Å²) in [6, 6.07) is 3.66. The van der Waals surface area contributed by atoms with E-state index in [1.54, 1.807) is 12.3 Å². The summed E-state index contributed by atoms with van der Waals surface area (Å²) >= 11 is 6.61. The molecule has 2 heterocycles. The molecular formula is C9H7ClN4OS. The maximum absolute atomic E-state index is 11.7. The lowest BCUT2D eigenvalue weighted by Crippen LogP contribution is -2.13. The molecule has 0 aromatic carbocycles. The molecule has 2 aromatic heterocycles. The summed E-state index contributed by atoms with van der Waals surface area (Å²) in [4.78, 5) is 15.7. The Morgan fingerprint density at radius 1 is 1.50 bits per heavy atom. The highest BCUT2D eigenvalue weighted by Gasteiger charge is 2.13. The Hall–Kier alpha value is -1.53. The second kappa shape index (κ2) is 4.54. The number of amides is 1. The molecule has 0 saturated heterocycles. The van der Waals surface area contributed by atoms with Gasteiger partial charge in [-0.25, -0.2) is 4.98 Å². The van der Waals surface area contributed by atoms with Crippen LogP contribution in [0.2, 0.25) is 4.47 Å². The summed E-state index contributed by atoms with van der Waals surface area (Å²) in [5.41, 5.74) is 0.881. The quantitative estimate of drug-likeness (QED) is 0.892. The summed E-state index contributed by atoms with van der Waals surface area (Å²) < 4.78 is 0.239. The predicted molar refractivity (Wildman–Crippen MR) is 61.8 cm³/mol. The van der Waals surface area contributed by atoms with Crippen LogP contribution in [-0.4, -0.2) is 21.1 Å². The highest BCUT2D eigenvalue weighted by atomic mass is 35.5. The first-order valence-electron chi connectivity index (χ1n) is 4.39. The molecule has 0 aliphatic carbocycles. The maximum Gasteiger partial charge on any atom is 0.287 e. The van der Waals surface area contributed by atoms with E-state index in [1.807, 2.05) is 13.0 Å². The van der Waals surface area contributed by atoms with Crippen LogP contribution < -0.4 is 5.32 Å². The average Bonchev–Trinajstić information content (AvgIpc) is 2.68. The molecule has 2 aromatic rings. The molecular weight excluding hydrogens is 248 g/mol. The number of anilines is 1. The number of nitrogens with zero attached hydrogens (tertiary/aromatic N) is 3. The lowest BCUT2D eigenvalue weighted by atomic mass is 10.3. The largest absolute Gasteiger partial charge is 0.304 e. The van der Waals surface area contributed by atoms with Gasteiger partial charge >= 0.3 is 0 Å². The van der Waals surface area contributed by atoms with Gasteiger partial charge in [-0.3, -0.25) is 4.79 Å². The summed E-state index contributed by atoms with van der Waals surface area (Å²) in [5, 5.41) is 10.0. The Morgan fingerprint density at radius 2 is 2.31 bits per heavy atom. The van der Waals surface area contributed by atoms with Gasteiger partial charge in [-0.1, -0.05) is 17.4 Å². The van der Waals surface area contributed by atoms with Crippen LogP contribution in [0, 0.1) is 6.92 Å². The van der Waals surface area contributed by atoms with E-state index in [0.29, 0.717) is 5.82 Å². The fraction of sp³-hybridized carbons (Fsp3) is 0.111. The van der Waals surface area contributed by atoms with Crippen molar-refractivity contribution in [2.24, 2.45) is 0 Å². The maximum atomic E-state index is 11.7. The SMILES string of the molecule is Cc1cccnc1NC(=O)c1nnc(Cl)s1. The van der Waals surface area contributed by atoms with E-state index in [9.17, 15) is 4.79 Å². The number of halogens is 1. The minimum Gasteiger partial charge on any atom is -0.304 e. The van der Waals surface area contributed by atoms with Crippen LogP contribution in [0.3, 0.4) is 0 Å². The molecule has 82 valence electrons. The van der Waals surface area contributed by atoms with Crippen molar-refractivity contribution in [3.05, 3.63) is 33.4 Å². The molecule has 7 heteroatoms. The van der Waals surface area contributed by atoms with Crippen LogP contribution in [0.25, 0.3) is 0 Å². The highest BCUT2D eigenvalue weighted by molar-refractivity contribution is 7.17. The first-order valence-corrected chi connectivity index (χ1v) is 5.58. The van der Waals surface area contributed by atoms with Crippen molar-refractivity contribution in [3.63, 3.8) is 0 Å². The lowest BCUT2D eigenvalue weighted by molar-refractivity contribution is 0.102. The van der Waals surface area contributed by atoms with Crippen LogP contribution in [0.1, 0.15) is 15.4 Å². The van der Waals surface area contributed by atoms with Gasteiger partial charge in [0.1, 0.15) is 5.82 Å². The zero-order valence-corrected chi connectivity index (χ0v) is 9.84. The van der Waals surface area contributed by atoms with Crippen molar-refractivity contribution in [1.29, 1.82) is 0 Å². The number of carbonyl (C=O) groups excluding carboxylic acids is 1. The van der Waals surface area contributed by atoms with Crippen LogP contribution in [-0.2, 0) is 0 Å². The Morgan fingerprint density at radius 3 is 2.94 bits per heavy atom. The number of aromatic nitrogens is 3. The van der Waals surface area contributed by atoms with E-state index >= 15 is 0 Å². The van der Waals surface area contributed by atoms with E-state index in [-0.39, 0.29) is 15.4 Å². The number of pyridine rings is 1. The third-order valence-electron chi connectivity index (χ3n) is 1.84. The Labute approximate surface area is 101 Å². The molecule has 16 heavy (non-hydrogen) atoms.